The molecule has 1 atom stereocenters. The van der Waals surface area contributed by atoms with E-state index in [1.165, 1.54) is 12.1 Å². The summed E-state index contributed by atoms with van der Waals surface area (Å²) in [5, 5.41) is 4.08. The molecule has 2 aliphatic rings. The lowest BCUT2D eigenvalue weighted by atomic mass is 10.0. The van der Waals surface area contributed by atoms with Crippen LogP contribution in [-0.4, -0.2) is 67.6 Å². The number of likely N-dealkylation sites (tertiary alicyclic amines) is 1. The Morgan fingerprint density at radius 3 is 2.71 bits per heavy atom. The zero-order chi connectivity index (χ0) is 27.9. The summed E-state index contributed by atoms with van der Waals surface area (Å²) >= 11 is 0. The molecule has 2 fully saturated rings. The molecule has 2 heterocycles. The van der Waals surface area contributed by atoms with Crippen LogP contribution in [0.25, 0.3) is 5.57 Å². The number of aliphatic imine (C=N–C) groups is 2. The minimum atomic E-state index is -1.05. The normalized spacial score (nSPS) is 19.3. The predicted molar refractivity (Wildman–Crippen MR) is 138 cm³/mol. The number of nitrogens with two attached hydrogens (primary N) is 2. The number of ether oxygens (including phenoxy) is 3. The van der Waals surface area contributed by atoms with E-state index in [2.05, 4.69) is 21.9 Å². The Morgan fingerprint density at radius 1 is 1.34 bits per heavy atom. The summed E-state index contributed by atoms with van der Waals surface area (Å²) in [7, 11) is 0. The number of oxime groups is 1. The molecule has 0 spiro atoms. The molecular formula is C25H32F2N6O5. The van der Waals surface area contributed by atoms with Gasteiger partial charge in [0.15, 0.2) is 23.4 Å². The van der Waals surface area contributed by atoms with Crippen molar-refractivity contribution < 1.29 is 32.6 Å². The summed E-state index contributed by atoms with van der Waals surface area (Å²) in [5.74, 6) is -2.42. The van der Waals surface area contributed by atoms with Gasteiger partial charge in [0.25, 0.3) is 0 Å². The average molecular weight is 535 g/mol. The first-order chi connectivity index (χ1) is 18.0. The number of allylic oxidation sites excluding steroid dienone is 3. The summed E-state index contributed by atoms with van der Waals surface area (Å²) in [5.41, 5.74) is 11.4. The van der Waals surface area contributed by atoms with Gasteiger partial charge in [-0.15, -0.1) is 4.99 Å². The van der Waals surface area contributed by atoms with Crippen molar-refractivity contribution in [1.29, 1.82) is 0 Å². The number of amides is 1. The maximum Gasteiger partial charge on any atom is 0.437 e. The van der Waals surface area contributed by atoms with Gasteiger partial charge in [-0.1, -0.05) is 23.4 Å². The van der Waals surface area contributed by atoms with Gasteiger partial charge < -0.3 is 35.4 Å². The first-order valence-corrected chi connectivity index (χ1v) is 11.8. The van der Waals surface area contributed by atoms with E-state index in [0.717, 1.165) is 11.8 Å². The molecule has 1 amide bonds. The highest BCUT2D eigenvalue weighted by atomic mass is 19.1. The quantitative estimate of drug-likeness (QED) is 0.153. The second-order valence-corrected chi connectivity index (χ2v) is 9.11. The molecule has 0 saturated carbocycles. The number of carbonyl (C=O) groups excluding carboxylic acids is 1. The van der Waals surface area contributed by atoms with E-state index in [-0.39, 0.29) is 28.6 Å². The third-order valence-electron chi connectivity index (χ3n) is 5.62. The van der Waals surface area contributed by atoms with Crippen LogP contribution >= 0.6 is 0 Å². The Balaban J connectivity index is 1.57. The van der Waals surface area contributed by atoms with Crippen molar-refractivity contribution in [2.45, 2.75) is 45.7 Å². The third kappa shape index (κ3) is 7.83. The summed E-state index contributed by atoms with van der Waals surface area (Å²) in [6.45, 7) is 9.81. The molecule has 0 radical (unpaired) electrons. The van der Waals surface area contributed by atoms with E-state index in [4.69, 9.17) is 30.5 Å². The number of nitrogens with zero attached hydrogens (tertiary/aromatic N) is 4. The van der Waals surface area contributed by atoms with Crippen molar-refractivity contribution in [3.63, 3.8) is 0 Å². The molecule has 2 aliphatic heterocycles. The van der Waals surface area contributed by atoms with Gasteiger partial charge in [-0.25, -0.2) is 18.6 Å². The van der Waals surface area contributed by atoms with Gasteiger partial charge in [-0.3, -0.25) is 0 Å². The fraction of sp³-hybridized carbons (Fsp3) is 0.440. The molecule has 0 aromatic heterocycles. The zero-order valence-corrected chi connectivity index (χ0v) is 21.6. The first kappa shape index (κ1) is 28.7. The summed E-state index contributed by atoms with van der Waals surface area (Å²) in [6, 6.07) is 4.46. The second kappa shape index (κ2) is 12.6. The topological polar surface area (TPSA) is 146 Å². The van der Waals surface area contributed by atoms with Gasteiger partial charge in [0.05, 0.1) is 31.5 Å². The van der Waals surface area contributed by atoms with E-state index in [1.807, 2.05) is 13.8 Å². The van der Waals surface area contributed by atoms with Crippen molar-refractivity contribution in [3.05, 3.63) is 52.9 Å². The number of benzene rings is 1. The molecule has 11 nitrogen and oxygen atoms in total. The Kier molecular flexibility index (Phi) is 9.53. The highest BCUT2D eigenvalue weighted by Gasteiger charge is 2.32. The van der Waals surface area contributed by atoms with Gasteiger partial charge in [0.1, 0.15) is 19.0 Å². The third-order valence-corrected chi connectivity index (χ3v) is 5.62. The lowest BCUT2D eigenvalue weighted by Gasteiger charge is -2.33. The number of rotatable bonds is 10. The number of hydrogen-bond acceptors (Lipinski definition) is 8. The molecule has 0 bridgehead atoms. The minimum absolute atomic E-state index is 0.00441. The van der Waals surface area contributed by atoms with Crippen LogP contribution in [0.4, 0.5) is 13.6 Å². The SMILES string of the molecule is C=N/C(=C(F)\C=C(/C)c1cccc(COC(=O)N=C(N)N)c1F)N1CC(=NOCCC2COC(C)(C)O2)C1. The standard InChI is InChI=1S/C25H32F2N6O5/c1-15(19-7-5-6-16(21(19)27)13-35-24(34)31-23(28)29)10-20(26)22(30-4)33-11-17(12-33)32-37-9-8-18-14-36-25(2,3)38-18/h5-7,10,18H,4,8-9,11-14H2,1-3H3,(H4,28,29,31,34)/b15-10+,22-20-. The number of carbonyl (C=O) groups is 1. The Morgan fingerprint density at radius 2 is 2.08 bits per heavy atom. The van der Waals surface area contributed by atoms with Gasteiger partial charge in [0.2, 0.25) is 0 Å². The van der Waals surface area contributed by atoms with Crippen LogP contribution in [0.2, 0.25) is 0 Å². The molecule has 1 unspecified atom stereocenters. The predicted octanol–water partition coefficient (Wildman–Crippen LogP) is 3.21. The smallest absolute Gasteiger partial charge is 0.437 e. The highest BCUT2D eigenvalue weighted by Crippen LogP contribution is 2.27. The van der Waals surface area contributed by atoms with Crippen LogP contribution in [-0.2, 0) is 25.7 Å². The molecule has 38 heavy (non-hydrogen) atoms. The van der Waals surface area contributed by atoms with Crippen LogP contribution in [0.5, 0.6) is 0 Å². The highest BCUT2D eigenvalue weighted by molar-refractivity contribution is 5.93. The van der Waals surface area contributed by atoms with Crippen molar-refractivity contribution >= 4 is 30.1 Å². The summed E-state index contributed by atoms with van der Waals surface area (Å²) < 4.78 is 46.1. The van der Waals surface area contributed by atoms with Crippen LogP contribution in [0.1, 0.15) is 38.3 Å². The number of halogens is 2. The molecule has 2 saturated heterocycles. The van der Waals surface area contributed by atoms with E-state index in [1.54, 1.807) is 17.9 Å². The number of hydrogen-bond donors (Lipinski definition) is 2. The zero-order valence-electron chi connectivity index (χ0n) is 21.6. The van der Waals surface area contributed by atoms with Crippen molar-refractivity contribution in [1.82, 2.24) is 4.90 Å². The lowest BCUT2D eigenvalue weighted by Crippen LogP contribution is -2.46. The molecular weight excluding hydrogens is 502 g/mol. The van der Waals surface area contributed by atoms with Crippen LogP contribution < -0.4 is 11.5 Å². The molecule has 4 N–H and O–H groups in total. The maximum atomic E-state index is 15.1. The minimum Gasteiger partial charge on any atom is -0.443 e. The van der Waals surface area contributed by atoms with E-state index < -0.39 is 36.1 Å². The van der Waals surface area contributed by atoms with Crippen LogP contribution in [0.15, 0.2) is 51.1 Å². The van der Waals surface area contributed by atoms with Crippen molar-refractivity contribution in [3.8, 4) is 0 Å². The van der Waals surface area contributed by atoms with E-state index in [0.29, 0.717) is 32.7 Å². The Labute approximate surface area is 219 Å². The Bertz CT molecular complexity index is 1170. The first-order valence-electron chi connectivity index (χ1n) is 11.8. The van der Waals surface area contributed by atoms with Gasteiger partial charge in [-0.05, 0) is 39.1 Å². The fourth-order valence-corrected chi connectivity index (χ4v) is 3.76. The second-order valence-electron chi connectivity index (χ2n) is 9.11. The summed E-state index contributed by atoms with van der Waals surface area (Å²) in [4.78, 5) is 25.4. The lowest BCUT2D eigenvalue weighted by molar-refractivity contribution is -0.140. The fourth-order valence-electron chi connectivity index (χ4n) is 3.76. The molecule has 3 rings (SSSR count). The molecule has 1 aromatic carbocycles. The average Bonchev–Trinajstić information content (AvgIpc) is 3.16. The summed E-state index contributed by atoms with van der Waals surface area (Å²) in [6.07, 6.45) is 0.700. The molecule has 0 aliphatic carbocycles. The van der Waals surface area contributed by atoms with E-state index >= 15 is 4.39 Å². The Hall–Kier alpha value is -3.84. The van der Waals surface area contributed by atoms with Crippen LogP contribution in [0.3, 0.4) is 0 Å². The monoisotopic (exact) mass is 534 g/mol. The molecule has 206 valence electrons. The van der Waals surface area contributed by atoms with Gasteiger partial charge in [0, 0.05) is 17.5 Å². The largest absolute Gasteiger partial charge is 0.443 e. The van der Waals surface area contributed by atoms with Crippen molar-refractivity contribution in [2.24, 2.45) is 26.6 Å². The van der Waals surface area contributed by atoms with Crippen LogP contribution in [0, 0.1) is 5.82 Å². The van der Waals surface area contributed by atoms with E-state index in [9.17, 15) is 9.18 Å². The number of guanidine groups is 1. The maximum absolute atomic E-state index is 15.1. The van der Waals surface area contributed by atoms with Gasteiger partial charge in [-0.2, -0.15) is 0 Å². The molecule has 13 heteroatoms. The van der Waals surface area contributed by atoms with Crippen molar-refractivity contribution in [2.75, 3.05) is 26.3 Å². The molecule has 1 aromatic rings. The van der Waals surface area contributed by atoms with Gasteiger partial charge >= 0.3 is 6.09 Å².